The third-order valence-corrected chi connectivity index (χ3v) is 5.46. The van der Waals surface area contributed by atoms with Gasteiger partial charge in [0.15, 0.2) is 16.1 Å². The molecule has 0 saturated carbocycles. The van der Waals surface area contributed by atoms with Crippen LogP contribution in [0.3, 0.4) is 0 Å². The minimum atomic E-state index is -0.135. The van der Waals surface area contributed by atoms with E-state index in [0.717, 1.165) is 16.8 Å². The molecule has 3 aromatic heterocycles. The number of nitrogens with zero attached hydrogens (tertiary/aromatic N) is 5. The van der Waals surface area contributed by atoms with Crippen molar-refractivity contribution in [2.45, 2.75) is 12.1 Å². The van der Waals surface area contributed by atoms with Crippen LogP contribution in [0.4, 0.5) is 5.13 Å². The van der Waals surface area contributed by atoms with Gasteiger partial charge >= 0.3 is 0 Å². The summed E-state index contributed by atoms with van der Waals surface area (Å²) in [4.78, 5) is 20.4. The van der Waals surface area contributed by atoms with Gasteiger partial charge in [-0.1, -0.05) is 23.9 Å². The highest BCUT2D eigenvalue weighted by atomic mass is 32.2. The summed E-state index contributed by atoms with van der Waals surface area (Å²) in [6, 6.07) is 11.9. The van der Waals surface area contributed by atoms with Crippen LogP contribution in [-0.4, -0.2) is 36.4 Å². The predicted molar refractivity (Wildman–Crippen MR) is 111 cm³/mol. The van der Waals surface area contributed by atoms with E-state index in [2.05, 4.69) is 31.5 Å². The highest BCUT2D eigenvalue weighted by Crippen LogP contribution is 2.28. The molecule has 7 nitrogen and oxygen atoms in total. The second-order valence-electron chi connectivity index (χ2n) is 5.89. The fraction of sp³-hybridized carbons (Fsp3) is 0.105. The SMILES string of the molecule is Cc1cccc(-n2c(SCC(=O)Nc3nccs3)nnc2-c2ccncc2)c1. The molecule has 1 N–H and O–H groups in total. The number of rotatable bonds is 6. The summed E-state index contributed by atoms with van der Waals surface area (Å²) in [5.41, 5.74) is 2.98. The maximum absolute atomic E-state index is 12.2. The number of aryl methyl sites for hydroxylation is 1. The Morgan fingerprint density at radius 2 is 2.04 bits per heavy atom. The molecule has 0 atom stereocenters. The maximum atomic E-state index is 12.2. The minimum absolute atomic E-state index is 0.135. The van der Waals surface area contributed by atoms with E-state index < -0.39 is 0 Å². The van der Waals surface area contributed by atoms with Gasteiger partial charge in [-0.15, -0.1) is 21.5 Å². The van der Waals surface area contributed by atoms with Crippen molar-refractivity contribution >= 4 is 34.1 Å². The lowest BCUT2D eigenvalue weighted by molar-refractivity contribution is -0.113. The molecule has 140 valence electrons. The van der Waals surface area contributed by atoms with Crippen molar-refractivity contribution in [3.63, 3.8) is 0 Å². The van der Waals surface area contributed by atoms with Gasteiger partial charge in [0.1, 0.15) is 0 Å². The maximum Gasteiger partial charge on any atom is 0.236 e. The number of aromatic nitrogens is 5. The van der Waals surface area contributed by atoms with Gasteiger partial charge in [-0.05, 0) is 36.8 Å². The molecule has 9 heteroatoms. The van der Waals surface area contributed by atoms with Gasteiger partial charge in [0.05, 0.1) is 5.75 Å². The second kappa shape index (κ2) is 8.32. The third-order valence-electron chi connectivity index (χ3n) is 3.84. The van der Waals surface area contributed by atoms with Crippen LogP contribution in [0.1, 0.15) is 5.56 Å². The summed E-state index contributed by atoms with van der Waals surface area (Å²) in [7, 11) is 0. The van der Waals surface area contributed by atoms with Crippen molar-refractivity contribution in [1.29, 1.82) is 0 Å². The van der Waals surface area contributed by atoms with Gasteiger partial charge in [0.25, 0.3) is 0 Å². The van der Waals surface area contributed by atoms with Gasteiger partial charge in [-0.2, -0.15) is 0 Å². The quantitative estimate of drug-likeness (QED) is 0.488. The van der Waals surface area contributed by atoms with E-state index in [1.54, 1.807) is 18.6 Å². The van der Waals surface area contributed by atoms with Gasteiger partial charge < -0.3 is 5.32 Å². The molecule has 1 aromatic carbocycles. The predicted octanol–water partition coefficient (Wildman–Crippen LogP) is 3.83. The molecule has 0 aliphatic heterocycles. The summed E-state index contributed by atoms with van der Waals surface area (Å²) in [6.07, 6.45) is 5.10. The van der Waals surface area contributed by atoms with Gasteiger partial charge in [0.2, 0.25) is 5.91 Å². The van der Waals surface area contributed by atoms with Crippen molar-refractivity contribution in [3.05, 3.63) is 65.9 Å². The van der Waals surface area contributed by atoms with Crippen molar-refractivity contribution in [2.24, 2.45) is 0 Å². The number of nitrogens with one attached hydrogen (secondary N) is 1. The Morgan fingerprint density at radius 1 is 1.18 bits per heavy atom. The van der Waals surface area contributed by atoms with E-state index in [1.807, 2.05) is 47.2 Å². The number of thiazole rings is 1. The largest absolute Gasteiger partial charge is 0.301 e. The van der Waals surface area contributed by atoms with Crippen LogP contribution in [0.2, 0.25) is 0 Å². The van der Waals surface area contributed by atoms with Crippen LogP contribution in [-0.2, 0) is 4.79 Å². The summed E-state index contributed by atoms with van der Waals surface area (Å²) >= 11 is 2.72. The van der Waals surface area contributed by atoms with Crippen LogP contribution in [0.5, 0.6) is 0 Å². The van der Waals surface area contributed by atoms with E-state index in [-0.39, 0.29) is 11.7 Å². The van der Waals surface area contributed by atoms with Crippen molar-refractivity contribution in [2.75, 3.05) is 11.1 Å². The van der Waals surface area contributed by atoms with E-state index in [1.165, 1.54) is 23.1 Å². The number of thioether (sulfide) groups is 1. The molecular weight excluding hydrogens is 392 g/mol. The molecule has 0 spiro atoms. The van der Waals surface area contributed by atoms with Gasteiger partial charge in [-0.25, -0.2) is 4.98 Å². The lowest BCUT2D eigenvalue weighted by Gasteiger charge is -2.11. The Kier molecular flexibility index (Phi) is 5.45. The first kappa shape index (κ1) is 18.3. The molecule has 28 heavy (non-hydrogen) atoms. The number of benzene rings is 1. The molecule has 3 heterocycles. The zero-order valence-electron chi connectivity index (χ0n) is 14.9. The molecule has 0 bridgehead atoms. The monoisotopic (exact) mass is 408 g/mol. The Balaban J connectivity index is 1.63. The highest BCUT2D eigenvalue weighted by molar-refractivity contribution is 7.99. The second-order valence-corrected chi connectivity index (χ2v) is 7.73. The number of hydrogen-bond donors (Lipinski definition) is 1. The fourth-order valence-electron chi connectivity index (χ4n) is 2.62. The standard InChI is InChI=1S/C19H16N6OS2/c1-13-3-2-4-15(11-13)25-17(14-5-7-20-8-6-14)23-24-19(25)28-12-16(26)22-18-21-9-10-27-18/h2-11H,12H2,1H3,(H,21,22,26). The minimum Gasteiger partial charge on any atom is -0.301 e. The molecule has 4 aromatic rings. The molecule has 0 saturated heterocycles. The zero-order valence-corrected chi connectivity index (χ0v) is 16.6. The van der Waals surface area contributed by atoms with Crippen LogP contribution >= 0.6 is 23.1 Å². The normalized spacial score (nSPS) is 10.8. The molecule has 0 aliphatic rings. The lowest BCUT2D eigenvalue weighted by Crippen LogP contribution is -2.14. The first-order valence-corrected chi connectivity index (χ1v) is 10.3. The van der Waals surface area contributed by atoms with Crippen molar-refractivity contribution in [1.82, 2.24) is 24.7 Å². The van der Waals surface area contributed by atoms with E-state index in [4.69, 9.17) is 0 Å². The summed E-state index contributed by atoms with van der Waals surface area (Å²) in [6.45, 7) is 2.04. The molecular formula is C19H16N6OS2. The number of carbonyl (C=O) groups is 1. The van der Waals surface area contributed by atoms with Crippen LogP contribution < -0.4 is 5.32 Å². The fourth-order valence-corrected chi connectivity index (χ4v) is 3.92. The van der Waals surface area contributed by atoms with E-state index in [0.29, 0.717) is 16.1 Å². The number of pyridine rings is 1. The smallest absolute Gasteiger partial charge is 0.236 e. The number of amides is 1. The van der Waals surface area contributed by atoms with E-state index in [9.17, 15) is 4.79 Å². The third kappa shape index (κ3) is 4.10. The molecule has 0 unspecified atom stereocenters. The van der Waals surface area contributed by atoms with Crippen molar-refractivity contribution in [3.8, 4) is 17.1 Å². The molecule has 1 amide bonds. The lowest BCUT2D eigenvalue weighted by atomic mass is 10.2. The summed E-state index contributed by atoms with van der Waals surface area (Å²) < 4.78 is 1.96. The Bertz CT molecular complexity index is 1080. The van der Waals surface area contributed by atoms with Gasteiger partial charge in [-0.3, -0.25) is 14.3 Å². The molecule has 0 radical (unpaired) electrons. The number of hydrogen-bond acceptors (Lipinski definition) is 7. The Labute approximate surface area is 169 Å². The van der Waals surface area contributed by atoms with Gasteiger partial charge in [0, 0.05) is 35.2 Å². The van der Waals surface area contributed by atoms with Crippen molar-refractivity contribution < 1.29 is 4.79 Å². The van der Waals surface area contributed by atoms with Crippen LogP contribution in [0.15, 0.2) is 65.5 Å². The van der Waals surface area contributed by atoms with Crippen LogP contribution in [0, 0.1) is 6.92 Å². The topological polar surface area (TPSA) is 85.6 Å². The molecule has 0 aliphatic carbocycles. The zero-order chi connectivity index (χ0) is 19.3. The summed E-state index contributed by atoms with van der Waals surface area (Å²) in [5.74, 6) is 0.778. The summed E-state index contributed by atoms with van der Waals surface area (Å²) in [5, 5.41) is 14.5. The average Bonchev–Trinajstić information content (AvgIpc) is 3.36. The average molecular weight is 409 g/mol. The molecule has 0 fully saturated rings. The first-order valence-electron chi connectivity index (χ1n) is 8.46. The number of anilines is 1. The van der Waals surface area contributed by atoms with E-state index >= 15 is 0 Å². The van der Waals surface area contributed by atoms with Crippen LogP contribution in [0.25, 0.3) is 17.1 Å². The first-order chi connectivity index (χ1) is 13.7. The Hall–Kier alpha value is -3.04. The molecule has 4 rings (SSSR count). The highest BCUT2D eigenvalue weighted by Gasteiger charge is 2.17. The Morgan fingerprint density at radius 3 is 2.79 bits per heavy atom. The number of carbonyl (C=O) groups excluding carboxylic acids is 1.